The Balaban J connectivity index is 1.46. The van der Waals surface area contributed by atoms with Crippen LogP contribution in [0.2, 0.25) is 0 Å². The second-order valence-corrected chi connectivity index (χ2v) is 12.6. The minimum Gasteiger partial charge on any atom is -0.550 e. The molecule has 4 aromatic rings. The molecule has 1 saturated heterocycles. The molecule has 1 aromatic heterocycles. The zero-order chi connectivity index (χ0) is 30.6. The third kappa shape index (κ3) is 6.57. The van der Waals surface area contributed by atoms with E-state index >= 15 is 0 Å². The molecule has 0 unspecified atom stereocenters. The molecule has 0 bridgehead atoms. The maximum atomic E-state index is 13.6. The van der Waals surface area contributed by atoms with E-state index in [-0.39, 0.29) is 31.7 Å². The molecule has 43 heavy (non-hydrogen) atoms. The molecule has 2 heterocycles. The number of carbonyl (C=O) groups is 2. The van der Waals surface area contributed by atoms with Crippen molar-refractivity contribution < 1.29 is 41.9 Å². The molecule has 0 spiro atoms. The van der Waals surface area contributed by atoms with Crippen LogP contribution >= 0.6 is 0 Å². The summed E-state index contributed by atoms with van der Waals surface area (Å²) in [6.45, 7) is 0.833. The minimum atomic E-state index is -3.53. The number of benzene rings is 3. The van der Waals surface area contributed by atoms with Crippen molar-refractivity contribution in [2.75, 3.05) is 33.1 Å². The average molecular weight is 607 g/mol. The van der Waals surface area contributed by atoms with Crippen LogP contribution in [0.15, 0.2) is 66.7 Å². The van der Waals surface area contributed by atoms with Crippen LogP contribution in [0.1, 0.15) is 36.0 Å². The number of carbonyl (C=O) groups excluding carboxylic acids is 2. The molecule has 10 nitrogen and oxygen atoms in total. The van der Waals surface area contributed by atoms with Crippen LogP contribution in [-0.2, 0) is 21.4 Å². The lowest BCUT2D eigenvalue weighted by Gasteiger charge is -2.31. The number of ether oxygens (including phenoxy) is 3. The van der Waals surface area contributed by atoms with E-state index in [0.29, 0.717) is 53.0 Å². The summed E-state index contributed by atoms with van der Waals surface area (Å²) >= 11 is 0. The van der Waals surface area contributed by atoms with Crippen LogP contribution in [-0.4, -0.2) is 57.7 Å². The highest BCUT2D eigenvalue weighted by atomic mass is 32.2. The number of hydrogen-bond acceptors (Lipinski definition) is 8. The van der Waals surface area contributed by atoms with Crippen molar-refractivity contribution in [1.29, 1.82) is 0 Å². The summed E-state index contributed by atoms with van der Waals surface area (Å²) in [4.78, 5) is 24.8. The Morgan fingerprint density at radius 3 is 1.98 bits per heavy atom. The van der Waals surface area contributed by atoms with Crippen molar-refractivity contribution in [3.05, 3.63) is 72.3 Å². The number of sulfonamides is 1. The van der Waals surface area contributed by atoms with E-state index in [4.69, 9.17) is 14.2 Å². The summed E-state index contributed by atoms with van der Waals surface area (Å²) in [7, 11) is -0.391. The molecule has 0 radical (unpaired) electrons. The number of fused-ring (bicyclic) bond motifs is 2. The van der Waals surface area contributed by atoms with Crippen molar-refractivity contribution in [3.63, 3.8) is 0 Å². The third-order valence-electron chi connectivity index (χ3n) is 7.90. The Kier molecular flexibility index (Phi) is 9.12. The van der Waals surface area contributed by atoms with Gasteiger partial charge in [-0.25, -0.2) is 17.5 Å². The number of unbranched alkanes of at least 4 members (excludes halogenated alkanes) is 1. The molecule has 5 rings (SSSR count). The van der Waals surface area contributed by atoms with Crippen molar-refractivity contribution in [3.8, 4) is 17.2 Å². The molecule has 0 saturated carbocycles. The quantitative estimate of drug-likeness (QED) is 0.0839. The van der Waals surface area contributed by atoms with Gasteiger partial charge in [-0.1, -0.05) is 18.2 Å². The molecule has 0 N–H and O–H groups in total. The van der Waals surface area contributed by atoms with Crippen LogP contribution in [0.3, 0.4) is 0 Å². The number of pyridine rings is 1. The predicted octanol–water partition coefficient (Wildman–Crippen LogP) is 3.09. The average Bonchev–Trinajstić information content (AvgIpc) is 3.02. The van der Waals surface area contributed by atoms with E-state index < -0.39 is 27.9 Å². The van der Waals surface area contributed by atoms with Gasteiger partial charge in [-0.2, -0.15) is 4.57 Å². The largest absolute Gasteiger partial charge is 0.550 e. The molecule has 1 aliphatic rings. The molecule has 0 aliphatic carbocycles. The molecular formula is C32H34N2O8S. The second-order valence-electron chi connectivity index (χ2n) is 10.5. The van der Waals surface area contributed by atoms with Crippen molar-refractivity contribution in [2.45, 2.75) is 32.2 Å². The van der Waals surface area contributed by atoms with Gasteiger partial charge in [-0.3, -0.25) is 0 Å². The zero-order valence-corrected chi connectivity index (χ0v) is 25.0. The Morgan fingerprint density at radius 2 is 1.44 bits per heavy atom. The summed E-state index contributed by atoms with van der Waals surface area (Å²) in [5, 5.41) is 12.5. The topological polar surface area (TPSA) is 126 Å². The van der Waals surface area contributed by atoms with Crippen LogP contribution in [0, 0.1) is 5.92 Å². The highest BCUT2D eigenvalue weighted by Crippen LogP contribution is 2.31. The number of rotatable bonds is 11. The number of aromatic nitrogens is 1. The molecule has 1 aliphatic heterocycles. The Labute approximate surface area is 250 Å². The molecule has 0 amide bonds. The first-order chi connectivity index (χ1) is 20.7. The maximum Gasteiger partial charge on any atom is 0.345 e. The van der Waals surface area contributed by atoms with E-state index in [1.807, 2.05) is 34.9 Å². The number of hydrogen-bond donors (Lipinski definition) is 0. The van der Waals surface area contributed by atoms with Gasteiger partial charge in [0, 0.05) is 31.4 Å². The number of aryl methyl sites for hydroxylation is 1. The summed E-state index contributed by atoms with van der Waals surface area (Å²) in [6, 6.07) is 19.8. The van der Waals surface area contributed by atoms with Crippen molar-refractivity contribution in [2.24, 2.45) is 5.92 Å². The second kappa shape index (κ2) is 13.0. The number of piperidine rings is 1. The van der Waals surface area contributed by atoms with E-state index in [9.17, 15) is 23.1 Å². The van der Waals surface area contributed by atoms with Crippen LogP contribution in [0.25, 0.3) is 21.8 Å². The van der Waals surface area contributed by atoms with Crippen LogP contribution in [0.5, 0.6) is 17.2 Å². The summed E-state index contributed by atoms with van der Waals surface area (Å²) in [5.74, 6) is -0.641. The number of carboxylic acids is 1. The van der Waals surface area contributed by atoms with Gasteiger partial charge < -0.3 is 24.1 Å². The van der Waals surface area contributed by atoms with Crippen LogP contribution < -0.4 is 23.9 Å². The highest BCUT2D eigenvalue weighted by Gasteiger charge is 2.29. The van der Waals surface area contributed by atoms with Gasteiger partial charge in [0.05, 0.1) is 48.4 Å². The van der Waals surface area contributed by atoms with Gasteiger partial charge in [0.15, 0.2) is 0 Å². The Morgan fingerprint density at radius 1 is 0.860 bits per heavy atom. The number of carboxylic acid groups (broad SMARTS) is 1. The summed E-state index contributed by atoms with van der Waals surface area (Å²) < 4.78 is 46.2. The van der Waals surface area contributed by atoms with Gasteiger partial charge in [0.1, 0.15) is 23.8 Å². The summed E-state index contributed by atoms with van der Waals surface area (Å²) in [6.07, 6.45) is 1.45. The maximum absolute atomic E-state index is 13.6. The molecule has 226 valence electrons. The fraction of sp³-hybridized carbons (Fsp3) is 0.344. The molecular weight excluding hydrogens is 572 g/mol. The first-order valence-electron chi connectivity index (χ1n) is 14.2. The highest BCUT2D eigenvalue weighted by molar-refractivity contribution is 7.89. The normalized spacial score (nSPS) is 14.6. The number of para-hydroxylation sites is 1. The first-order valence-corrected chi connectivity index (χ1v) is 15.8. The minimum absolute atomic E-state index is 0.0481. The zero-order valence-electron chi connectivity index (χ0n) is 24.2. The van der Waals surface area contributed by atoms with Crippen molar-refractivity contribution in [1.82, 2.24) is 4.31 Å². The fourth-order valence-corrected chi connectivity index (χ4v) is 7.18. The smallest absolute Gasteiger partial charge is 0.345 e. The Bertz CT molecular complexity index is 1690. The van der Waals surface area contributed by atoms with Gasteiger partial charge in [0.25, 0.3) is 0 Å². The number of nitrogens with zero attached hydrogens (tertiary/aromatic N) is 2. The molecule has 1 fully saturated rings. The van der Waals surface area contributed by atoms with Crippen LogP contribution in [0.4, 0.5) is 0 Å². The lowest BCUT2D eigenvalue weighted by atomic mass is 9.99. The standard InChI is InChI=1S/C32H34N2O8S/c1-40-24-10-12-26-28(20-24)34(16-6-7-19-43(38,39)33-17-14-22(15-18-33)31(35)36)29-21-25(41-2)11-13-27(29)30(26)32(37)42-23-8-4-3-5-9-23/h3-5,8-13,20-22H,6-7,14-19H2,1-2H3. The van der Waals surface area contributed by atoms with Gasteiger partial charge in [0.2, 0.25) is 21.1 Å². The first kappa shape index (κ1) is 30.2. The van der Waals surface area contributed by atoms with Gasteiger partial charge in [-0.15, -0.1) is 0 Å². The van der Waals surface area contributed by atoms with Gasteiger partial charge >= 0.3 is 5.97 Å². The molecule has 3 aromatic carbocycles. The Hall–Kier alpha value is -4.22. The van der Waals surface area contributed by atoms with E-state index in [1.165, 1.54) is 4.31 Å². The van der Waals surface area contributed by atoms with E-state index in [1.54, 1.807) is 50.6 Å². The van der Waals surface area contributed by atoms with Crippen molar-refractivity contribution >= 4 is 43.8 Å². The number of methoxy groups -OCH3 is 2. The lowest BCUT2D eigenvalue weighted by Crippen LogP contribution is -2.44. The number of aliphatic carboxylic acids is 1. The SMILES string of the molecule is COc1ccc2c(C(=O)Oc3ccccc3)c3ccc(OC)cc3[n+](CCCCS(=O)(=O)N3CCC(C(=O)[O-])CC3)c2c1. The molecule has 11 heteroatoms. The monoisotopic (exact) mass is 606 g/mol. The fourth-order valence-electron chi connectivity index (χ4n) is 5.58. The molecule has 0 atom stereocenters. The van der Waals surface area contributed by atoms with E-state index in [0.717, 1.165) is 11.0 Å². The predicted molar refractivity (Wildman–Crippen MR) is 158 cm³/mol. The number of esters is 1. The third-order valence-corrected chi connectivity index (χ3v) is 9.86. The lowest BCUT2D eigenvalue weighted by molar-refractivity contribution is -0.645. The summed E-state index contributed by atoms with van der Waals surface area (Å²) in [5.41, 5.74) is 1.86. The van der Waals surface area contributed by atoms with E-state index in [2.05, 4.69) is 0 Å². The van der Waals surface area contributed by atoms with Gasteiger partial charge in [-0.05, 0) is 55.7 Å².